The first-order chi connectivity index (χ1) is 9.31. The van der Waals surface area contributed by atoms with Crippen molar-refractivity contribution >= 4 is 5.91 Å². The summed E-state index contributed by atoms with van der Waals surface area (Å²) in [7, 11) is 0. The monoisotopic (exact) mass is 267 g/mol. The Kier molecular flexibility index (Phi) is 4.35. The van der Waals surface area contributed by atoms with Gasteiger partial charge < -0.3 is 20.3 Å². The van der Waals surface area contributed by atoms with Crippen molar-refractivity contribution < 1.29 is 9.53 Å². The fourth-order valence-electron chi connectivity index (χ4n) is 3.53. The first-order valence-electron chi connectivity index (χ1n) is 7.65. The van der Waals surface area contributed by atoms with Crippen molar-refractivity contribution in [2.24, 2.45) is 5.92 Å². The Morgan fingerprint density at radius 3 is 2.58 bits per heavy atom. The Balaban J connectivity index is 1.39. The largest absolute Gasteiger partial charge is 0.368 e. The van der Waals surface area contributed by atoms with Crippen LogP contribution in [0.15, 0.2) is 0 Å². The molecular formula is C14H25N3O2. The van der Waals surface area contributed by atoms with E-state index in [9.17, 15) is 4.79 Å². The highest BCUT2D eigenvalue weighted by Crippen LogP contribution is 2.27. The van der Waals surface area contributed by atoms with Crippen molar-refractivity contribution in [2.45, 2.75) is 37.8 Å². The van der Waals surface area contributed by atoms with Gasteiger partial charge in [-0.05, 0) is 57.8 Å². The number of fused-ring (bicyclic) bond motifs is 3. The van der Waals surface area contributed by atoms with Gasteiger partial charge in [0, 0.05) is 12.6 Å². The molecule has 4 heterocycles. The Hall–Kier alpha value is -0.650. The maximum Gasteiger partial charge on any atom is 0.246 e. The van der Waals surface area contributed by atoms with Gasteiger partial charge in [0.15, 0.2) is 0 Å². The molecule has 0 aromatic carbocycles. The lowest BCUT2D eigenvalue weighted by molar-refractivity contribution is -0.130. The van der Waals surface area contributed by atoms with Gasteiger partial charge in [-0.1, -0.05) is 0 Å². The van der Waals surface area contributed by atoms with E-state index in [1.807, 2.05) is 0 Å². The lowest BCUT2D eigenvalue weighted by Gasteiger charge is -2.44. The van der Waals surface area contributed by atoms with E-state index in [0.29, 0.717) is 12.0 Å². The number of piperidine rings is 4. The summed E-state index contributed by atoms with van der Waals surface area (Å²) >= 11 is 0. The molecule has 5 heteroatoms. The predicted molar refractivity (Wildman–Crippen MR) is 72.9 cm³/mol. The van der Waals surface area contributed by atoms with Crippen molar-refractivity contribution in [2.75, 3.05) is 39.3 Å². The normalized spacial score (nSPS) is 35.3. The predicted octanol–water partition coefficient (Wildman–Crippen LogP) is -0.0346. The number of hydrogen-bond acceptors (Lipinski definition) is 4. The molecule has 4 rings (SSSR count). The van der Waals surface area contributed by atoms with Crippen LogP contribution in [0.2, 0.25) is 0 Å². The van der Waals surface area contributed by atoms with Crippen LogP contribution in [0.25, 0.3) is 0 Å². The maximum absolute atomic E-state index is 12.0. The van der Waals surface area contributed by atoms with Crippen molar-refractivity contribution in [1.29, 1.82) is 0 Å². The quantitative estimate of drug-likeness (QED) is 0.751. The molecule has 1 atom stereocenters. The van der Waals surface area contributed by atoms with E-state index in [2.05, 4.69) is 15.5 Å². The van der Waals surface area contributed by atoms with Crippen molar-refractivity contribution in [3.8, 4) is 0 Å². The van der Waals surface area contributed by atoms with Crippen LogP contribution in [-0.2, 0) is 9.53 Å². The summed E-state index contributed by atoms with van der Waals surface area (Å²) in [6.07, 6.45) is 4.78. The summed E-state index contributed by atoms with van der Waals surface area (Å²) in [5.41, 5.74) is 0. The van der Waals surface area contributed by atoms with Crippen LogP contribution < -0.4 is 10.6 Å². The Bertz CT molecular complexity index is 310. The highest BCUT2D eigenvalue weighted by Gasteiger charge is 2.34. The maximum atomic E-state index is 12.0. The average Bonchev–Trinajstić information content (AvgIpc) is 2.47. The van der Waals surface area contributed by atoms with Gasteiger partial charge >= 0.3 is 0 Å². The van der Waals surface area contributed by atoms with Gasteiger partial charge in [-0.2, -0.15) is 0 Å². The fraction of sp³-hybridized carbons (Fsp3) is 0.929. The molecule has 2 N–H and O–H groups in total. The first-order valence-corrected chi connectivity index (χ1v) is 7.65. The number of amides is 1. The Labute approximate surface area is 115 Å². The van der Waals surface area contributed by atoms with Crippen molar-refractivity contribution in [1.82, 2.24) is 15.5 Å². The van der Waals surface area contributed by atoms with Crippen LogP contribution in [0.3, 0.4) is 0 Å². The molecule has 0 spiro atoms. The van der Waals surface area contributed by atoms with E-state index in [1.165, 1.54) is 25.9 Å². The lowest BCUT2D eigenvalue weighted by Crippen LogP contribution is -2.57. The summed E-state index contributed by atoms with van der Waals surface area (Å²) in [6, 6.07) is 0.353. The van der Waals surface area contributed by atoms with Gasteiger partial charge in [0.25, 0.3) is 0 Å². The lowest BCUT2D eigenvalue weighted by atomic mass is 9.84. The Morgan fingerprint density at radius 2 is 1.95 bits per heavy atom. The highest BCUT2D eigenvalue weighted by molar-refractivity contribution is 5.77. The number of nitrogens with zero attached hydrogens (tertiary/aromatic N) is 1. The summed E-state index contributed by atoms with van der Waals surface area (Å²) in [5.74, 6) is 0.755. The highest BCUT2D eigenvalue weighted by atomic mass is 16.5. The van der Waals surface area contributed by atoms with Crippen LogP contribution in [0.4, 0.5) is 0 Å². The van der Waals surface area contributed by atoms with Gasteiger partial charge in [0.05, 0.1) is 6.10 Å². The second kappa shape index (κ2) is 6.20. The molecule has 4 aliphatic heterocycles. The molecule has 5 nitrogen and oxygen atoms in total. The number of ether oxygens (including phenoxy) is 1. The number of nitrogens with one attached hydrogen (secondary N) is 2. The minimum Gasteiger partial charge on any atom is -0.368 e. The smallest absolute Gasteiger partial charge is 0.246 e. The molecule has 0 aromatic rings. The zero-order valence-corrected chi connectivity index (χ0v) is 11.6. The standard InChI is InChI=1S/C14H25N3O2/c18-14(10-19-12-1-5-15-6-2-12)16-13-9-17-7-3-11(13)4-8-17/h11-13,15H,1-10H2,(H,16,18). The molecule has 4 saturated heterocycles. The second-order valence-corrected chi connectivity index (χ2v) is 6.07. The SMILES string of the molecule is O=C(COC1CCNCC1)NC1CN2CCC1CC2. The van der Waals surface area contributed by atoms with Gasteiger partial charge in [-0.3, -0.25) is 4.79 Å². The van der Waals surface area contributed by atoms with Crippen molar-refractivity contribution in [3.05, 3.63) is 0 Å². The molecule has 1 amide bonds. The minimum absolute atomic E-state index is 0.0669. The van der Waals surface area contributed by atoms with E-state index >= 15 is 0 Å². The van der Waals surface area contributed by atoms with Crippen molar-refractivity contribution in [3.63, 3.8) is 0 Å². The van der Waals surface area contributed by atoms with E-state index < -0.39 is 0 Å². The second-order valence-electron chi connectivity index (χ2n) is 6.07. The zero-order valence-electron chi connectivity index (χ0n) is 11.6. The van der Waals surface area contributed by atoms with E-state index in [-0.39, 0.29) is 18.6 Å². The van der Waals surface area contributed by atoms with Crippen LogP contribution in [0.5, 0.6) is 0 Å². The molecule has 19 heavy (non-hydrogen) atoms. The molecule has 0 radical (unpaired) electrons. The van der Waals surface area contributed by atoms with Gasteiger partial charge in [-0.25, -0.2) is 0 Å². The third kappa shape index (κ3) is 3.46. The Morgan fingerprint density at radius 1 is 1.21 bits per heavy atom. The summed E-state index contributed by atoms with van der Waals surface area (Å²) in [4.78, 5) is 14.4. The molecule has 4 fully saturated rings. The first kappa shape index (κ1) is 13.3. The molecule has 1 unspecified atom stereocenters. The van der Waals surface area contributed by atoms with Gasteiger partial charge in [0.1, 0.15) is 6.61 Å². The van der Waals surface area contributed by atoms with Crippen LogP contribution >= 0.6 is 0 Å². The van der Waals surface area contributed by atoms with E-state index in [1.54, 1.807) is 0 Å². The molecule has 2 bridgehead atoms. The molecule has 0 saturated carbocycles. The zero-order chi connectivity index (χ0) is 13.1. The molecular weight excluding hydrogens is 242 g/mol. The molecule has 0 aromatic heterocycles. The summed E-state index contributed by atoms with van der Waals surface area (Å²) in [6.45, 7) is 5.70. The summed E-state index contributed by atoms with van der Waals surface area (Å²) < 4.78 is 5.70. The van der Waals surface area contributed by atoms with Crippen LogP contribution in [0, 0.1) is 5.92 Å². The van der Waals surface area contributed by atoms with Gasteiger partial charge in [0.2, 0.25) is 5.91 Å². The number of hydrogen-bond donors (Lipinski definition) is 2. The molecule has 108 valence electrons. The third-order valence-electron chi connectivity index (χ3n) is 4.74. The molecule has 0 aliphatic carbocycles. The third-order valence-corrected chi connectivity index (χ3v) is 4.74. The minimum atomic E-state index is 0.0669. The van der Waals surface area contributed by atoms with Crippen LogP contribution in [-0.4, -0.2) is 62.3 Å². The number of carbonyl (C=O) groups excluding carboxylic acids is 1. The number of rotatable bonds is 4. The summed E-state index contributed by atoms with van der Waals surface area (Å²) in [5, 5.41) is 6.47. The molecule has 4 aliphatic rings. The average molecular weight is 267 g/mol. The fourth-order valence-corrected chi connectivity index (χ4v) is 3.53. The topological polar surface area (TPSA) is 53.6 Å². The van der Waals surface area contributed by atoms with E-state index in [4.69, 9.17) is 4.74 Å². The van der Waals surface area contributed by atoms with Gasteiger partial charge in [-0.15, -0.1) is 0 Å². The van der Waals surface area contributed by atoms with E-state index in [0.717, 1.165) is 32.5 Å². The van der Waals surface area contributed by atoms with Crippen LogP contribution in [0.1, 0.15) is 25.7 Å². The number of carbonyl (C=O) groups is 1.